The second kappa shape index (κ2) is 5.04. The maximum atomic E-state index is 4.57. The van der Waals surface area contributed by atoms with Gasteiger partial charge in [-0.2, -0.15) is 0 Å². The minimum absolute atomic E-state index is 0.653. The maximum Gasteiger partial charge on any atom is 0.211 e. The summed E-state index contributed by atoms with van der Waals surface area (Å²) in [5, 5.41) is 12.3. The van der Waals surface area contributed by atoms with E-state index in [0.29, 0.717) is 5.16 Å². The summed E-state index contributed by atoms with van der Waals surface area (Å²) in [7, 11) is 0. The average Bonchev–Trinajstić information content (AvgIpc) is 3.24. The van der Waals surface area contributed by atoms with Gasteiger partial charge in [-0.15, -0.1) is 21.5 Å². The molecule has 0 saturated heterocycles. The van der Waals surface area contributed by atoms with Crippen molar-refractivity contribution in [3.05, 3.63) is 47.7 Å². The summed E-state index contributed by atoms with van der Waals surface area (Å²) in [6.45, 7) is 0. The number of thiazole rings is 1. The summed E-state index contributed by atoms with van der Waals surface area (Å²) in [5.41, 5.74) is 3.63. The number of H-pyrrole nitrogens is 1. The number of aromatic nitrogens is 6. The van der Waals surface area contributed by atoms with Gasteiger partial charge in [0.1, 0.15) is 5.52 Å². The van der Waals surface area contributed by atoms with E-state index in [1.807, 2.05) is 46.4 Å². The predicted octanol–water partition coefficient (Wildman–Crippen LogP) is 3.51. The Morgan fingerprint density at radius 3 is 3.09 bits per heavy atom. The summed E-state index contributed by atoms with van der Waals surface area (Å²) < 4.78 is 2.03. The van der Waals surface area contributed by atoms with Crippen molar-refractivity contribution >= 4 is 50.1 Å². The van der Waals surface area contributed by atoms with Gasteiger partial charge in [-0.25, -0.2) is 9.97 Å². The second-order valence-corrected chi connectivity index (χ2v) is 6.89. The Hall–Kier alpha value is -2.45. The largest absolute Gasteiger partial charge is 0.338 e. The van der Waals surface area contributed by atoms with Gasteiger partial charge < -0.3 is 4.98 Å². The first-order valence-corrected chi connectivity index (χ1v) is 8.88. The lowest BCUT2D eigenvalue weighted by Crippen LogP contribution is -1.92. The summed E-state index contributed by atoms with van der Waals surface area (Å²) in [5.74, 6) is 0.724. The third-order valence-corrected chi connectivity index (χ3v) is 5.24. The van der Waals surface area contributed by atoms with Gasteiger partial charge in [0, 0.05) is 34.4 Å². The lowest BCUT2D eigenvalue weighted by molar-refractivity contribution is 0.877. The molecule has 0 spiro atoms. The summed E-state index contributed by atoms with van der Waals surface area (Å²) in [6.07, 6.45) is 4.05. The molecule has 0 atom stereocenters. The molecule has 5 aromatic rings. The van der Waals surface area contributed by atoms with Gasteiger partial charge in [-0.05, 0) is 6.07 Å². The van der Waals surface area contributed by atoms with Crippen LogP contribution in [0.2, 0.25) is 0 Å². The fraction of sp³-hybridized carbons (Fsp3) is 0.0667. The number of nitrogens with one attached hydrogen (secondary N) is 1. The van der Waals surface area contributed by atoms with E-state index in [4.69, 9.17) is 0 Å². The molecule has 5 rings (SSSR count). The Kier molecular flexibility index (Phi) is 2.85. The number of aromatic amines is 1. The molecule has 0 radical (unpaired) electrons. The maximum absolute atomic E-state index is 4.57. The quantitative estimate of drug-likeness (QED) is 0.510. The molecule has 0 unspecified atom stereocenters. The first kappa shape index (κ1) is 13.0. The van der Waals surface area contributed by atoms with E-state index >= 15 is 0 Å². The zero-order valence-electron chi connectivity index (χ0n) is 11.8. The molecule has 1 aromatic carbocycles. The van der Waals surface area contributed by atoms with Crippen LogP contribution in [0.25, 0.3) is 27.0 Å². The zero-order valence-corrected chi connectivity index (χ0v) is 13.4. The molecule has 0 aliphatic heterocycles. The number of hydrogen-bond acceptors (Lipinski definition) is 6. The molecule has 4 aromatic heterocycles. The molecule has 0 amide bonds. The Morgan fingerprint density at radius 2 is 2.13 bits per heavy atom. The number of imidazole rings is 1. The SMILES string of the molecule is c1ccc2c(c1)[nH]c1nc(SCc3cn4ccsc4n3)nnc12. The van der Waals surface area contributed by atoms with Crippen LogP contribution >= 0.6 is 23.1 Å². The monoisotopic (exact) mass is 338 g/mol. The van der Waals surface area contributed by atoms with Crippen molar-refractivity contribution in [2.24, 2.45) is 0 Å². The van der Waals surface area contributed by atoms with Crippen molar-refractivity contribution in [2.75, 3.05) is 0 Å². The van der Waals surface area contributed by atoms with Crippen LogP contribution in [0.3, 0.4) is 0 Å². The zero-order chi connectivity index (χ0) is 15.2. The lowest BCUT2D eigenvalue weighted by Gasteiger charge is -1.96. The van der Waals surface area contributed by atoms with Crippen molar-refractivity contribution in [2.45, 2.75) is 10.9 Å². The van der Waals surface area contributed by atoms with E-state index in [-0.39, 0.29) is 0 Å². The Balaban J connectivity index is 1.45. The summed E-state index contributed by atoms with van der Waals surface area (Å²) in [6, 6.07) is 8.02. The van der Waals surface area contributed by atoms with Crippen LogP contribution in [0.1, 0.15) is 5.69 Å². The molecule has 112 valence electrons. The van der Waals surface area contributed by atoms with E-state index in [9.17, 15) is 0 Å². The van der Waals surface area contributed by atoms with Gasteiger partial charge in [0.25, 0.3) is 0 Å². The molecule has 0 aliphatic carbocycles. The topological polar surface area (TPSA) is 71.8 Å². The van der Waals surface area contributed by atoms with Crippen molar-refractivity contribution in [3.63, 3.8) is 0 Å². The van der Waals surface area contributed by atoms with E-state index in [1.165, 1.54) is 0 Å². The Bertz CT molecular complexity index is 1110. The van der Waals surface area contributed by atoms with E-state index in [2.05, 4.69) is 25.1 Å². The van der Waals surface area contributed by atoms with Crippen LogP contribution < -0.4 is 0 Å². The summed E-state index contributed by atoms with van der Waals surface area (Å²) >= 11 is 3.17. The highest BCUT2D eigenvalue weighted by atomic mass is 32.2. The number of rotatable bonds is 3. The van der Waals surface area contributed by atoms with Gasteiger partial charge in [-0.3, -0.25) is 4.40 Å². The third kappa shape index (κ3) is 2.18. The predicted molar refractivity (Wildman–Crippen MR) is 91.8 cm³/mol. The van der Waals surface area contributed by atoms with Crippen molar-refractivity contribution in [1.82, 2.24) is 29.5 Å². The number of hydrogen-bond donors (Lipinski definition) is 1. The average molecular weight is 338 g/mol. The fourth-order valence-corrected chi connectivity index (χ4v) is 3.94. The highest BCUT2D eigenvalue weighted by Crippen LogP contribution is 2.25. The normalized spacial score (nSPS) is 11.8. The smallest absolute Gasteiger partial charge is 0.211 e. The van der Waals surface area contributed by atoms with Crippen LogP contribution in [0.5, 0.6) is 0 Å². The molecule has 0 bridgehead atoms. The third-order valence-electron chi connectivity index (χ3n) is 3.59. The number of nitrogens with zero attached hydrogens (tertiary/aromatic N) is 5. The van der Waals surface area contributed by atoms with Gasteiger partial charge in [0.05, 0.1) is 5.69 Å². The van der Waals surface area contributed by atoms with Crippen LogP contribution in [0.4, 0.5) is 0 Å². The molecule has 4 heterocycles. The van der Waals surface area contributed by atoms with Crippen molar-refractivity contribution < 1.29 is 0 Å². The van der Waals surface area contributed by atoms with Crippen LogP contribution in [0, 0.1) is 0 Å². The van der Waals surface area contributed by atoms with Gasteiger partial charge in [0.2, 0.25) is 5.16 Å². The van der Waals surface area contributed by atoms with Crippen molar-refractivity contribution in [1.29, 1.82) is 0 Å². The molecular weight excluding hydrogens is 328 g/mol. The summed E-state index contributed by atoms with van der Waals surface area (Å²) in [4.78, 5) is 13.4. The number of thioether (sulfide) groups is 1. The first-order chi connectivity index (χ1) is 11.4. The Labute approximate surface area is 138 Å². The van der Waals surface area contributed by atoms with E-state index in [0.717, 1.165) is 38.5 Å². The van der Waals surface area contributed by atoms with Crippen LogP contribution in [0.15, 0.2) is 47.2 Å². The minimum atomic E-state index is 0.653. The van der Waals surface area contributed by atoms with Gasteiger partial charge >= 0.3 is 0 Å². The molecule has 0 fully saturated rings. The Morgan fingerprint density at radius 1 is 1.17 bits per heavy atom. The molecule has 0 saturated carbocycles. The molecule has 23 heavy (non-hydrogen) atoms. The lowest BCUT2D eigenvalue weighted by atomic mass is 10.2. The highest BCUT2D eigenvalue weighted by Gasteiger charge is 2.10. The number of para-hydroxylation sites is 1. The molecule has 1 N–H and O–H groups in total. The minimum Gasteiger partial charge on any atom is -0.338 e. The number of fused-ring (bicyclic) bond motifs is 4. The second-order valence-electron chi connectivity index (χ2n) is 5.08. The first-order valence-electron chi connectivity index (χ1n) is 7.02. The highest BCUT2D eigenvalue weighted by molar-refractivity contribution is 7.98. The van der Waals surface area contributed by atoms with E-state index in [1.54, 1.807) is 23.1 Å². The molecule has 8 heteroatoms. The van der Waals surface area contributed by atoms with Crippen LogP contribution in [-0.2, 0) is 5.75 Å². The van der Waals surface area contributed by atoms with Crippen LogP contribution in [-0.4, -0.2) is 29.5 Å². The molecule has 0 aliphatic rings. The van der Waals surface area contributed by atoms with Crippen molar-refractivity contribution in [3.8, 4) is 0 Å². The fourth-order valence-electron chi connectivity index (χ4n) is 2.55. The van der Waals surface area contributed by atoms with Gasteiger partial charge in [0.15, 0.2) is 10.6 Å². The van der Waals surface area contributed by atoms with Gasteiger partial charge in [-0.1, -0.05) is 30.0 Å². The molecular formula is C15H10N6S2. The number of benzene rings is 1. The van der Waals surface area contributed by atoms with E-state index < -0.39 is 0 Å². The standard InChI is InChI=1S/C15H10N6S2/c1-2-4-11-10(3-1)12-13(17-11)18-14(20-19-12)23-8-9-7-21-5-6-22-15(21)16-9/h1-7H,8H2,(H,17,18,20). The molecule has 6 nitrogen and oxygen atoms in total.